The van der Waals surface area contributed by atoms with Crippen LogP contribution >= 0.6 is 0 Å². The molecule has 0 saturated heterocycles. The molecule has 0 amide bonds. The van der Waals surface area contributed by atoms with Gasteiger partial charge in [0.1, 0.15) is 0 Å². The van der Waals surface area contributed by atoms with Gasteiger partial charge in [-0.25, -0.2) is 0 Å². The molecule has 0 heterocycles. The number of benzene rings is 1. The predicted molar refractivity (Wildman–Crippen MR) is 64.1 cm³/mol. The summed E-state index contributed by atoms with van der Waals surface area (Å²) in [6.45, 7) is 3.87. The zero-order chi connectivity index (χ0) is 11.3. The Morgan fingerprint density at radius 3 is 2.53 bits per heavy atom. The monoisotopic (exact) mass is 316 g/mol. The summed E-state index contributed by atoms with van der Waals surface area (Å²) in [7, 11) is 0. The minimum atomic E-state index is -0.762. The SMILES string of the molecule is C#CCC(C)(C)C(=O)[Te]c1ccccc1. The Balaban J connectivity index is 2.69. The van der Waals surface area contributed by atoms with Crippen LogP contribution in [-0.4, -0.2) is 24.8 Å². The van der Waals surface area contributed by atoms with Crippen molar-refractivity contribution < 1.29 is 4.79 Å². The van der Waals surface area contributed by atoms with Crippen LogP contribution in [0.1, 0.15) is 20.3 Å². The van der Waals surface area contributed by atoms with Crippen LogP contribution in [0.2, 0.25) is 0 Å². The van der Waals surface area contributed by atoms with Gasteiger partial charge in [0.05, 0.1) is 0 Å². The van der Waals surface area contributed by atoms with Gasteiger partial charge in [-0.3, -0.25) is 0 Å². The Labute approximate surface area is 101 Å². The minimum absolute atomic E-state index is 0.331. The summed E-state index contributed by atoms with van der Waals surface area (Å²) in [5.74, 6) is 2.57. The maximum atomic E-state index is 12.0. The Morgan fingerprint density at radius 1 is 1.40 bits per heavy atom. The molecule has 0 bridgehead atoms. The van der Waals surface area contributed by atoms with Gasteiger partial charge in [-0.1, -0.05) is 0 Å². The van der Waals surface area contributed by atoms with E-state index in [1.807, 2.05) is 44.2 Å². The van der Waals surface area contributed by atoms with E-state index in [2.05, 4.69) is 5.92 Å². The molecular weight excluding hydrogens is 300 g/mol. The summed E-state index contributed by atoms with van der Waals surface area (Å²) >= 11 is -0.762. The van der Waals surface area contributed by atoms with Gasteiger partial charge in [0.2, 0.25) is 0 Å². The number of terminal acetylenes is 1. The van der Waals surface area contributed by atoms with Crippen LogP contribution in [0.3, 0.4) is 0 Å². The van der Waals surface area contributed by atoms with Crippen molar-refractivity contribution in [3.05, 3.63) is 30.3 Å². The third-order valence-corrected chi connectivity index (χ3v) is 5.61. The van der Waals surface area contributed by atoms with Crippen molar-refractivity contribution in [3.8, 4) is 12.3 Å². The first-order valence-corrected chi connectivity index (χ1v) is 7.10. The number of carbonyl (C=O) groups is 1. The number of hydrogen-bond acceptors (Lipinski definition) is 1. The molecular formula is C13H14OTe. The van der Waals surface area contributed by atoms with Crippen molar-refractivity contribution in [1.29, 1.82) is 0 Å². The van der Waals surface area contributed by atoms with Gasteiger partial charge in [0.15, 0.2) is 0 Å². The molecule has 1 nitrogen and oxygen atoms in total. The van der Waals surface area contributed by atoms with E-state index in [0.717, 1.165) is 0 Å². The first-order valence-electron chi connectivity index (χ1n) is 4.77. The van der Waals surface area contributed by atoms with Gasteiger partial charge in [-0.05, 0) is 0 Å². The van der Waals surface area contributed by atoms with Gasteiger partial charge >= 0.3 is 102 Å². The second-order valence-corrected chi connectivity index (χ2v) is 6.95. The summed E-state index contributed by atoms with van der Waals surface area (Å²) in [6, 6.07) is 9.95. The second-order valence-electron chi connectivity index (χ2n) is 3.97. The molecule has 0 radical (unpaired) electrons. The van der Waals surface area contributed by atoms with E-state index in [1.54, 1.807) is 0 Å². The fourth-order valence-electron chi connectivity index (χ4n) is 1.06. The molecule has 2 heteroatoms. The van der Waals surface area contributed by atoms with E-state index in [9.17, 15) is 4.79 Å². The first-order chi connectivity index (χ1) is 7.06. The molecule has 0 spiro atoms. The standard InChI is InChI=1S/C13H14OTe/c1-4-10-13(2,3)12(14)15-11-8-6-5-7-9-11/h1,5-9H,10H2,2-3H3. The van der Waals surface area contributed by atoms with Crippen LogP contribution < -0.4 is 3.61 Å². The zero-order valence-corrected chi connectivity index (χ0v) is 11.3. The Hall–Kier alpha value is -0.760. The third kappa shape index (κ3) is 3.71. The molecule has 0 saturated carbocycles. The van der Waals surface area contributed by atoms with Gasteiger partial charge in [-0.15, -0.1) is 0 Å². The van der Waals surface area contributed by atoms with Crippen LogP contribution in [0.25, 0.3) is 0 Å². The molecule has 0 aliphatic heterocycles. The predicted octanol–water partition coefficient (Wildman–Crippen LogP) is 1.59. The van der Waals surface area contributed by atoms with Crippen LogP contribution in [-0.2, 0) is 4.79 Å². The molecule has 0 unspecified atom stereocenters. The van der Waals surface area contributed by atoms with Crippen molar-refractivity contribution in [2.75, 3.05) is 0 Å². The molecule has 78 valence electrons. The quantitative estimate of drug-likeness (QED) is 0.609. The van der Waals surface area contributed by atoms with Crippen LogP contribution in [0.5, 0.6) is 0 Å². The van der Waals surface area contributed by atoms with Crippen molar-refractivity contribution in [1.82, 2.24) is 0 Å². The van der Waals surface area contributed by atoms with Gasteiger partial charge in [0, 0.05) is 0 Å². The van der Waals surface area contributed by atoms with E-state index in [4.69, 9.17) is 6.42 Å². The summed E-state index contributed by atoms with van der Waals surface area (Å²) in [6.07, 6.45) is 5.79. The molecule has 15 heavy (non-hydrogen) atoms. The van der Waals surface area contributed by atoms with Crippen LogP contribution in [0, 0.1) is 17.8 Å². The van der Waals surface area contributed by atoms with Gasteiger partial charge < -0.3 is 0 Å². The normalized spacial score (nSPS) is 10.7. The van der Waals surface area contributed by atoms with E-state index < -0.39 is 20.9 Å². The molecule has 0 atom stereocenters. The van der Waals surface area contributed by atoms with Crippen LogP contribution in [0.15, 0.2) is 30.3 Å². The van der Waals surface area contributed by atoms with E-state index in [-0.39, 0.29) is 5.41 Å². The average Bonchev–Trinajstić information content (AvgIpc) is 2.19. The number of rotatable bonds is 4. The molecule has 1 rings (SSSR count). The second kappa shape index (κ2) is 5.36. The molecule has 0 aromatic heterocycles. The summed E-state index contributed by atoms with van der Waals surface area (Å²) in [4.78, 5) is 12.0. The Morgan fingerprint density at radius 2 is 2.00 bits per heavy atom. The van der Waals surface area contributed by atoms with Crippen molar-refractivity contribution in [2.45, 2.75) is 20.3 Å². The Bertz CT molecular complexity index is 373. The number of carbonyl (C=O) groups excluding carboxylic acids is 1. The maximum absolute atomic E-state index is 12.0. The molecule has 1 aromatic carbocycles. The molecule has 0 aliphatic rings. The van der Waals surface area contributed by atoms with E-state index in [0.29, 0.717) is 10.3 Å². The summed E-state index contributed by atoms with van der Waals surface area (Å²) < 4.78 is 1.51. The van der Waals surface area contributed by atoms with Gasteiger partial charge in [-0.2, -0.15) is 0 Å². The average molecular weight is 314 g/mol. The van der Waals surface area contributed by atoms with E-state index in [1.165, 1.54) is 3.61 Å². The van der Waals surface area contributed by atoms with Crippen molar-refractivity contribution >= 4 is 28.4 Å². The van der Waals surface area contributed by atoms with Gasteiger partial charge in [0.25, 0.3) is 0 Å². The fraction of sp³-hybridized carbons (Fsp3) is 0.308. The van der Waals surface area contributed by atoms with Crippen molar-refractivity contribution in [2.24, 2.45) is 5.41 Å². The molecule has 0 aliphatic carbocycles. The molecule has 0 fully saturated rings. The topological polar surface area (TPSA) is 17.1 Å². The third-order valence-electron chi connectivity index (χ3n) is 2.05. The van der Waals surface area contributed by atoms with Crippen molar-refractivity contribution in [3.63, 3.8) is 0 Å². The first kappa shape index (κ1) is 12.3. The molecule has 0 N–H and O–H groups in total. The summed E-state index contributed by atoms with van der Waals surface area (Å²) in [5.41, 5.74) is -0.354. The zero-order valence-electron chi connectivity index (χ0n) is 8.99. The van der Waals surface area contributed by atoms with Crippen LogP contribution in [0.4, 0.5) is 0 Å². The van der Waals surface area contributed by atoms with E-state index >= 15 is 0 Å². The molecule has 1 aromatic rings. The summed E-state index contributed by atoms with van der Waals surface area (Å²) in [5, 5.41) is 0. The fourth-order valence-corrected chi connectivity index (χ4v) is 3.50. The number of hydrogen-bond donors (Lipinski definition) is 0. The Kier molecular flexibility index (Phi) is 4.40.